The van der Waals surface area contributed by atoms with Gasteiger partial charge in [-0.25, -0.2) is 4.79 Å². The van der Waals surface area contributed by atoms with Crippen molar-refractivity contribution in [1.82, 2.24) is 0 Å². The second kappa shape index (κ2) is 5.87. The van der Waals surface area contributed by atoms with Crippen LogP contribution in [0.5, 0.6) is 17.2 Å². The molecule has 0 spiro atoms. The van der Waals surface area contributed by atoms with E-state index in [0.717, 1.165) is 0 Å². The average molecular weight is 292 g/mol. The molecule has 0 bridgehead atoms. The quantitative estimate of drug-likeness (QED) is 0.636. The normalized spacial score (nSPS) is 10.7. The molecule has 0 N–H and O–H groups in total. The summed E-state index contributed by atoms with van der Waals surface area (Å²) in [6.07, 6.45) is -0.273. The average Bonchev–Trinajstić information content (AvgIpc) is 2.41. The zero-order chi connectivity index (χ0) is 15.6. The molecule has 6 heteroatoms. The molecule has 1 aromatic carbocycles. The fourth-order valence-electron chi connectivity index (χ4n) is 1.90. The molecule has 0 radical (unpaired) electrons. The minimum Gasteiger partial charge on any atom is -0.493 e. The SMILES string of the molecule is COc1cccc2c(OC(C)=O)c(OC(C)C)c(=O)oc12. The van der Waals surface area contributed by atoms with Crippen molar-refractivity contribution in [2.45, 2.75) is 26.9 Å². The number of hydrogen-bond acceptors (Lipinski definition) is 6. The van der Waals surface area contributed by atoms with Crippen LogP contribution in [0.1, 0.15) is 20.8 Å². The zero-order valence-corrected chi connectivity index (χ0v) is 12.3. The minimum atomic E-state index is -0.725. The van der Waals surface area contributed by atoms with Crippen LogP contribution in [0, 0.1) is 0 Å². The highest BCUT2D eigenvalue weighted by atomic mass is 16.6. The van der Waals surface area contributed by atoms with E-state index in [1.807, 2.05) is 0 Å². The van der Waals surface area contributed by atoms with Crippen LogP contribution in [-0.4, -0.2) is 19.2 Å². The number of para-hydroxylation sites is 1. The molecule has 0 atom stereocenters. The largest absolute Gasteiger partial charge is 0.493 e. The first-order chi connectivity index (χ1) is 9.93. The van der Waals surface area contributed by atoms with Gasteiger partial charge < -0.3 is 18.6 Å². The fourth-order valence-corrected chi connectivity index (χ4v) is 1.90. The van der Waals surface area contributed by atoms with Crippen LogP contribution >= 0.6 is 0 Å². The van der Waals surface area contributed by atoms with Gasteiger partial charge in [-0.1, -0.05) is 6.07 Å². The number of carbonyl (C=O) groups is 1. The Bertz CT molecular complexity index is 729. The van der Waals surface area contributed by atoms with Gasteiger partial charge in [0.05, 0.1) is 18.6 Å². The third kappa shape index (κ3) is 2.99. The molecule has 6 nitrogen and oxygen atoms in total. The van der Waals surface area contributed by atoms with Gasteiger partial charge in [0.15, 0.2) is 17.1 Å². The molecule has 0 fully saturated rings. The van der Waals surface area contributed by atoms with Crippen molar-refractivity contribution in [3.8, 4) is 17.2 Å². The highest BCUT2D eigenvalue weighted by Crippen LogP contribution is 2.37. The molecule has 21 heavy (non-hydrogen) atoms. The van der Waals surface area contributed by atoms with Gasteiger partial charge in [-0.2, -0.15) is 0 Å². The van der Waals surface area contributed by atoms with Gasteiger partial charge in [-0.15, -0.1) is 0 Å². The smallest absolute Gasteiger partial charge is 0.383 e. The Labute approximate surface area is 121 Å². The summed E-state index contributed by atoms with van der Waals surface area (Å²) in [6.45, 7) is 4.76. The van der Waals surface area contributed by atoms with Gasteiger partial charge in [0.25, 0.3) is 0 Å². The maximum atomic E-state index is 12.1. The lowest BCUT2D eigenvalue weighted by molar-refractivity contribution is -0.131. The molecule has 1 aromatic heterocycles. The number of benzene rings is 1. The van der Waals surface area contributed by atoms with Crippen LogP contribution in [-0.2, 0) is 4.79 Å². The highest BCUT2D eigenvalue weighted by molar-refractivity contribution is 5.91. The zero-order valence-electron chi connectivity index (χ0n) is 12.3. The number of methoxy groups -OCH3 is 1. The Hall–Kier alpha value is -2.50. The van der Waals surface area contributed by atoms with Gasteiger partial charge in [-0.3, -0.25) is 4.79 Å². The van der Waals surface area contributed by atoms with Crippen molar-refractivity contribution in [3.05, 3.63) is 28.6 Å². The van der Waals surface area contributed by atoms with Crippen LogP contribution in [0.15, 0.2) is 27.4 Å². The van der Waals surface area contributed by atoms with E-state index in [1.54, 1.807) is 32.0 Å². The third-order valence-electron chi connectivity index (χ3n) is 2.63. The van der Waals surface area contributed by atoms with E-state index in [9.17, 15) is 9.59 Å². The summed E-state index contributed by atoms with van der Waals surface area (Å²) < 4.78 is 21.0. The van der Waals surface area contributed by atoms with E-state index in [4.69, 9.17) is 18.6 Å². The first-order valence-electron chi connectivity index (χ1n) is 6.43. The molecule has 2 rings (SSSR count). The van der Waals surface area contributed by atoms with E-state index in [-0.39, 0.29) is 23.2 Å². The van der Waals surface area contributed by atoms with Crippen LogP contribution in [0.2, 0.25) is 0 Å². The molecule has 0 aliphatic rings. The first kappa shape index (κ1) is 14.9. The predicted molar refractivity (Wildman–Crippen MR) is 76.1 cm³/mol. The summed E-state index contributed by atoms with van der Waals surface area (Å²) in [5, 5.41) is 0.430. The van der Waals surface area contributed by atoms with E-state index in [0.29, 0.717) is 11.1 Å². The van der Waals surface area contributed by atoms with Gasteiger partial charge in [-0.05, 0) is 26.0 Å². The number of ether oxygens (including phenoxy) is 3. The second-order valence-corrected chi connectivity index (χ2v) is 4.64. The summed E-state index contributed by atoms with van der Waals surface area (Å²) in [4.78, 5) is 23.4. The van der Waals surface area contributed by atoms with E-state index in [1.165, 1.54) is 14.0 Å². The molecule has 0 amide bonds. The van der Waals surface area contributed by atoms with Crippen LogP contribution in [0.25, 0.3) is 11.0 Å². The lowest BCUT2D eigenvalue weighted by Gasteiger charge is -2.14. The Morgan fingerprint density at radius 2 is 1.95 bits per heavy atom. The van der Waals surface area contributed by atoms with Crippen molar-refractivity contribution < 1.29 is 23.4 Å². The van der Waals surface area contributed by atoms with Gasteiger partial charge >= 0.3 is 11.6 Å². The fraction of sp³-hybridized carbons (Fsp3) is 0.333. The maximum Gasteiger partial charge on any atom is 0.383 e. The summed E-state index contributed by atoms with van der Waals surface area (Å²) in [6, 6.07) is 5.01. The van der Waals surface area contributed by atoms with Crippen molar-refractivity contribution in [2.24, 2.45) is 0 Å². The lowest BCUT2D eigenvalue weighted by Crippen LogP contribution is -2.16. The summed E-state index contributed by atoms with van der Waals surface area (Å²) in [5.41, 5.74) is -0.519. The van der Waals surface area contributed by atoms with Crippen molar-refractivity contribution in [2.75, 3.05) is 7.11 Å². The molecule has 0 saturated carbocycles. The first-order valence-corrected chi connectivity index (χ1v) is 6.43. The Balaban J connectivity index is 2.80. The number of hydrogen-bond donors (Lipinski definition) is 0. The van der Waals surface area contributed by atoms with Crippen LogP contribution in [0.4, 0.5) is 0 Å². The maximum absolute atomic E-state index is 12.1. The highest BCUT2D eigenvalue weighted by Gasteiger charge is 2.22. The predicted octanol–water partition coefficient (Wildman–Crippen LogP) is 2.51. The molecule has 0 aliphatic heterocycles. The Morgan fingerprint density at radius 1 is 1.24 bits per heavy atom. The van der Waals surface area contributed by atoms with Crippen LogP contribution in [0.3, 0.4) is 0 Å². The third-order valence-corrected chi connectivity index (χ3v) is 2.63. The van der Waals surface area contributed by atoms with E-state index < -0.39 is 11.6 Å². The van der Waals surface area contributed by atoms with Crippen molar-refractivity contribution in [1.29, 1.82) is 0 Å². The van der Waals surface area contributed by atoms with E-state index in [2.05, 4.69) is 0 Å². The molecule has 112 valence electrons. The number of rotatable bonds is 4. The van der Waals surface area contributed by atoms with Crippen molar-refractivity contribution in [3.63, 3.8) is 0 Å². The molecular weight excluding hydrogens is 276 g/mol. The minimum absolute atomic E-state index is 0.0429. The molecule has 0 aliphatic carbocycles. The Kier molecular flexibility index (Phi) is 4.16. The molecular formula is C15H16O6. The van der Waals surface area contributed by atoms with Crippen molar-refractivity contribution >= 4 is 16.9 Å². The standard InChI is InChI=1S/C15H16O6/c1-8(2)19-14-13(20-9(3)16)10-6-5-7-11(18-4)12(10)21-15(14)17/h5-8H,1-4H3. The van der Waals surface area contributed by atoms with Gasteiger partial charge in [0.1, 0.15) is 0 Å². The lowest BCUT2D eigenvalue weighted by atomic mass is 10.2. The molecule has 0 unspecified atom stereocenters. The van der Waals surface area contributed by atoms with Gasteiger partial charge in [0.2, 0.25) is 5.75 Å². The summed E-state index contributed by atoms with van der Waals surface area (Å²) >= 11 is 0. The number of esters is 1. The monoisotopic (exact) mass is 292 g/mol. The molecule has 0 saturated heterocycles. The number of fused-ring (bicyclic) bond motifs is 1. The van der Waals surface area contributed by atoms with E-state index >= 15 is 0 Å². The Morgan fingerprint density at radius 3 is 2.52 bits per heavy atom. The second-order valence-electron chi connectivity index (χ2n) is 4.64. The van der Waals surface area contributed by atoms with Crippen LogP contribution < -0.4 is 19.8 Å². The summed E-state index contributed by atoms with van der Waals surface area (Å²) in [7, 11) is 1.46. The molecule has 2 aromatic rings. The number of carbonyl (C=O) groups excluding carboxylic acids is 1. The molecule has 1 heterocycles. The topological polar surface area (TPSA) is 75.0 Å². The van der Waals surface area contributed by atoms with Gasteiger partial charge in [0, 0.05) is 6.92 Å². The summed E-state index contributed by atoms with van der Waals surface area (Å²) in [5.74, 6) is -0.269.